The van der Waals surface area contributed by atoms with Crippen molar-refractivity contribution in [1.82, 2.24) is 13.7 Å². The lowest BCUT2D eigenvalue weighted by Crippen LogP contribution is -2.54. The molecule has 0 aliphatic rings. The second-order valence-corrected chi connectivity index (χ2v) is 6.32. The van der Waals surface area contributed by atoms with E-state index in [1.165, 1.54) is 18.2 Å². The van der Waals surface area contributed by atoms with Crippen molar-refractivity contribution in [2.24, 2.45) is 0 Å². The molecule has 3 aromatic rings. The molecule has 0 saturated carbocycles. The standard InChI is InChI=1S/C20H19N3O5/c1-4-8-21-18(25)22(9-5-2)20(27)23(19(21)26)12-14-11-17(24)28-16-10-13(3)6-7-15(14)16/h4-7,10-11H,1-2,8-9,12H2,3H3. The number of hydrogen-bond donors (Lipinski definition) is 0. The Morgan fingerprint density at radius 3 is 2.04 bits per heavy atom. The van der Waals surface area contributed by atoms with Crippen molar-refractivity contribution >= 4 is 11.0 Å². The fourth-order valence-electron chi connectivity index (χ4n) is 3.03. The minimum Gasteiger partial charge on any atom is -0.423 e. The van der Waals surface area contributed by atoms with Crippen molar-refractivity contribution < 1.29 is 4.42 Å². The van der Waals surface area contributed by atoms with Crippen LogP contribution in [-0.2, 0) is 19.6 Å². The summed E-state index contributed by atoms with van der Waals surface area (Å²) in [4.78, 5) is 49.9. The van der Waals surface area contributed by atoms with Crippen LogP contribution in [0.2, 0.25) is 0 Å². The van der Waals surface area contributed by atoms with Crippen LogP contribution in [-0.4, -0.2) is 13.7 Å². The summed E-state index contributed by atoms with van der Waals surface area (Å²) in [5.41, 5.74) is -1.17. The largest absolute Gasteiger partial charge is 0.423 e. The van der Waals surface area contributed by atoms with Crippen LogP contribution in [0.15, 0.2) is 73.2 Å². The average Bonchev–Trinajstić information content (AvgIpc) is 2.65. The number of benzene rings is 1. The smallest absolute Gasteiger partial charge is 0.336 e. The van der Waals surface area contributed by atoms with E-state index in [1.807, 2.05) is 13.0 Å². The Kier molecular flexibility index (Phi) is 5.12. The third-order valence-electron chi connectivity index (χ3n) is 4.32. The molecule has 0 saturated heterocycles. The molecule has 0 spiro atoms. The molecule has 3 rings (SSSR count). The molecule has 0 aliphatic heterocycles. The molecule has 28 heavy (non-hydrogen) atoms. The molecule has 0 bridgehead atoms. The fraction of sp³-hybridized carbons (Fsp3) is 0.200. The van der Waals surface area contributed by atoms with Crippen molar-refractivity contribution in [1.29, 1.82) is 0 Å². The molecule has 0 amide bonds. The van der Waals surface area contributed by atoms with Crippen LogP contribution in [0.1, 0.15) is 11.1 Å². The number of aromatic nitrogens is 3. The predicted octanol–water partition coefficient (Wildman–Crippen LogP) is 1.01. The highest BCUT2D eigenvalue weighted by molar-refractivity contribution is 5.80. The number of rotatable bonds is 6. The Morgan fingerprint density at radius 1 is 0.893 bits per heavy atom. The molecule has 0 N–H and O–H groups in total. The van der Waals surface area contributed by atoms with Gasteiger partial charge in [0.05, 0.1) is 19.6 Å². The monoisotopic (exact) mass is 381 g/mol. The van der Waals surface area contributed by atoms with Gasteiger partial charge in [-0.1, -0.05) is 24.3 Å². The molecule has 0 aliphatic carbocycles. The van der Waals surface area contributed by atoms with Crippen molar-refractivity contribution in [3.63, 3.8) is 0 Å². The van der Waals surface area contributed by atoms with E-state index >= 15 is 0 Å². The maximum atomic E-state index is 12.8. The molecule has 0 fully saturated rings. The van der Waals surface area contributed by atoms with Crippen LogP contribution in [0.5, 0.6) is 0 Å². The quantitative estimate of drug-likeness (QED) is 0.469. The molecule has 1 aromatic carbocycles. The molecular formula is C20H19N3O5. The predicted molar refractivity (Wildman–Crippen MR) is 106 cm³/mol. The molecule has 0 atom stereocenters. The van der Waals surface area contributed by atoms with Gasteiger partial charge in [0.15, 0.2) is 0 Å². The van der Waals surface area contributed by atoms with Gasteiger partial charge in [0, 0.05) is 11.5 Å². The Labute approximate surface area is 158 Å². The summed E-state index contributed by atoms with van der Waals surface area (Å²) in [6.07, 6.45) is 2.79. The van der Waals surface area contributed by atoms with Gasteiger partial charge in [0.25, 0.3) is 0 Å². The minimum absolute atomic E-state index is 0.0496. The van der Waals surface area contributed by atoms with E-state index in [2.05, 4.69) is 13.2 Å². The van der Waals surface area contributed by atoms with Gasteiger partial charge in [-0.05, 0) is 24.1 Å². The van der Waals surface area contributed by atoms with E-state index in [-0.39, 0.29) is 19.6 Å². The zero-order valence-electron chi connectivity index (χ0n) is 15.4. The number of fused-ring (bicyclic) bond motifs is 1. The third kappa shape index (κ3) is 3.32. The summed E-state index contributed by atoms with van der Waals surface area (Å²) < 4.78 is 7.96. The van der Waals surface area contributed by atoms with Gasteiger partial charge in [-0.3, -0.25) is 0 Å². The average molecular weight is 381 g/mol. The van der Waals surface area contributed by atoms with Crippen molar-refractivity contribution in [3.05, 3.63) is 103 Å². The van der Waals surface area contributed by atoms with Crippen molar-refractivity contribution in [2.45, 2.75) is 26.6 Å². The number of aryl methyl sites for hydroxylation is 1. The molecular weight excluding hydrogens is 362 g/mol. The second kappa shape index (κ2) is 7.51. The second-order valence-electron chi connectivity index (χ2n) is 6.32. The summed E-state index contributed by atoms with van der Waals surface area (Å²) in [6.45, 7) is 8.66. The van der Waals surface area contributed by atoms with E-state index in [0.717, 1.165) is 19.3 Å². The van der Waals surface area contributed by atoms with Crippen LogP contribution in [0.4, 0.5) is 0 Å². The maximum Gasteiger partial charge on any atom is 0.336 e. The first-order chi connectivity index (χ1) is 13.4. The van der Waals surface area contributed by atoms with Crippen LogP contribution in [0.3, 0.4) is 0 Å². The summed E-state index contributed by atoms with van der Waals surface area (Å²) in [6, 6.07) is 6.54. The Bertz CT molecular complexity index is 1270. The first-order valence-corrected chi connectivity index (χ1v) is 8.57. The summed E-state index contributed by atoms with van der Waals surface area (Å²) in [7, 11) is 0. The number of allylic oxidation sites excluding steroid dienone is 2. The van der Waals surface area contributed by atoms with Crippen LogP contribution >= 0.6 is 0 Å². The Morgan fingerprint density at radius 2 is 1.46 bits per heavy atom. The van der Waals surface area contributed by atoms with Gasteiger partial charge in [-0.2, -0.15) is 0 Å². The Hall–Kier alpha value is -3.68. The van der Waals surface area contributed by atoms with Gasteiger partial charge in [-0.25, -0.2) is 32.9 Å². The zero-order valence-corrected chi connectivity index (χ0v) is 15.4. The van der Waals surface area contributed by atoms with E-state index < -0.39 is 22.7 Å². The third-order valence-corrected chi connectivity index (χ3v) is 4.32. The van der Waals surface area contributed by atoms with E-state index in [9.17, 15) is 19.2 Å². The molecule has 8 heteroatoms. The van der Waals surface area contributed by atoms with Crippen LogP contribution < -0.4 is 22.7 Å². The lowest BCUT2D eigenvalue weighted by atomic mass is 10.1. The highest BCUT2D eigenvalue weighted by atomic mass is 16.4. The minimum atomic E-state index is -0.774. The molecule has 2 heterocycles. The van der Waals surface area contributed by atoms with Gasteiger partial charge in [0.1, 0.15) is 5.58 Å². The van der Waals surface area contributed by atoms with E-state index in [1.54, 1.807) is 12.1 Å². The maximum absolute atomic E-state index is 12.8. The summed E-state index contributed by atoms with van der Waals surface area (Å²) in [5.74, 6) is 0. The first-order valence-electron chi connectivity index (χ1n) is 8.57. The van der Waals surface area contributed by atoms with Crippen molar-refractivity contribution in [3.8, 4) is 0 Å². The van der Waals surface area contributed by atoms with Crippen LogP contribution in [0.25, 0.3) is 11.0 Å². The Balaban J connectivity index is 2.30. The topological polar surface area (TPSA) is 96.2 Å². The number of hydrogen-bond acceptors (Lipinski definition) is 5. The highest BCUT2D eigenvalue weighted by Crippen LogP contribution is 2.18. The summed E-state index contributed by atoms with van der Waals surface area (Å²) >= 11 is 0. The highest BCUT2D eigenvalue weighted by Gasteiger charge is 2.16. The van der Waals surface area contributed by atoms with Crippen LogP contribution in [0, 0.1) is 6.92 Å². The number of nitrogens with zero attached hydrogens (tertiary/aromatic N) is 3. The molecule has 0 unspecified atom stereocenters. The first kappa shape index (κ1) is 19.1. The molecule has 0 radical (unpaired) electrons. The fourth-order valence-corrected chi connectivity index (χ4v) is 3.03. The molecule has 2 aromatic heterocycles. The molecule has 8 nitrogen and oxygen atoms in total. The normalized spacial score (nSPS) is 10.9. The van der Waals surface area contributed by atoms with Gasteiger partial charge < -0.3 is 4.42 Å². The SMILES string of the molecule is C=CCn1c(=O)n(CC=C)c(=O)n(Cc2cc(=O)oc3cc(C)ccc23)c1=O. The van der Waals surface area contributed by atoms with E-state index in [0.29, 0.717) is 16.5 Å². The zero-order chi connectivity index (χ0) is 20.4. The van der Waals surface area contributed by atoms with Gasteiger partial charge >= 0.3 is 22.7 Å². The van der Waals surface area contributed by atoms with Gasteiger partial charge in [-0.15, -0.1) is 13.2 Å². The van der Waals surface area contributed by atoms with E-state index in [4.69, 9.17) is 4.42 Å². The molecule has 144 valence electrons. The summed E-state index contributed by atoms with van der Waals surface area (Å²) in [5, 5.41) is 0.605. The van der Waals surface area contributed by atoms with Gasteiger partial charge in [0.2, 0.25) is 0 Å². The van der Waals surface area contributed by atoms with Crippen molar-refractivity contribution in [2.75, 3.05) is 0 Å². The lowest BCUT2D eigenvalue weighted by Gasteiger charge is -2.13. The lowest BCUT2D eigenvalue weighted by molar-refractivity contribution is 0.497.